The number of thioether (sulfide) groups is 1. The van der Waals surface area contributed by atoms with Crippen molar-refractivity contribution >= 4 is 23.6 Å². The summed E-state index contributed by atoms with van der Waals surface area (Å²) >= 11 is 1.56. The molecule has 9 heteroatoms. The summed E-state index contributed by atoms with van der Waals surface area (Å²) in [6.07, 6.45) is 1.04. The van der Waals surface area contributed by atoms with Gasteiger partial charge in [-0.3, -0.25) is 10.1 Å². The molecular formula is C17H27N3O5S. The molecule has 5 N–H and O–H groups in total. The van der Waals surface area contributed by atoms with Gasteiger partial charge < -0.3 is 25.5 Å². The van der Waals surface area contributed by atoms with Crippen molar-refractivity contribution in [1.29, 1.82) is 0 Å². The molecule has 0 radical (unpaired) electrons. The van der Waals surface area contributed by atoms with Gasteiger partial charge >= 0.3 is 5.97 Å². The summed E-state index contributed by atoms with van der Waals surface area (Å²) in [4.78, 5) is 26.3. The molecule has 0 aliphatic carbocycles. The maximum atomic E-state index is 12.3. The Morgan fingerprint density at radius 3 is 2.85 bits per heavy atom. The van der Waals surface area contributed by atoms with Crippen molar-refractivity contribution in [3.63, 3.8) is 0 Å². The molecule has 0 spiro atoms. The van der Waals surface area contributed by atoms with Gasteiger partial charge in [-0.25, -0.2) is 4.79 Å². The van der Waals surface area contributed by atoms with Gasteiger partial charge in [0.05, 0.1) is 24.8 Å². The van der Waals surface area contributed by atoms with Crippen LogP contribution in [0, 0.1) is 11.8 Å². The van der Waals surface area contributed by atoms with Crippen molar-refractivity contribution in [1.82, 2.24) is 15.5 Å². The van der Waals surface area contributed by atoms with Crippen LogP contribution in [0.5, 0.6) is 0 Å². The molecule has 1 amide bonds. The smallest absolute Gasteiger partial charge is 0.353 e. The lowest BCUT2D eigenvalue weighted by Gasteiger charge is -2.46. The summed E-state index contributed by atoms with van der Waals surface area (Å²) < 4.78 is 0. The Hall–Kier alpha value is -1.13. The first-order valence-corrected chi connectivity index (χ1v) is 9.95. The average molecular weight is 385 g/mol. The summed E-state index contributed by atoms with van der Waals surface area (Å²) in [5, 5.41) is 34.9. The Morgan fingerprint density at radius 1 is 1.50 bits per heavy atom. The zero-order valence-electron chi connectivity index (χ0n) is 15.0. The maximum absolute atomic E-state index is 12.3. The first-order chi connectivity index (χ1) is 12.4. The SMILES string of the molecule is C[C@@H](O)[C@H]1C(=O)N2C(C(=O)O)=C(S[C@@H]3CN[C@@H](CCNCO)C3)[C@H](C)[C@H]12. The number of aliphatic hydroxyl groups excluding tert-OH is 2. The van der Waals surface area contributed by atoms with Gasteiger partial charge in [-0.05, 0) is 26.3 Å². The Bertz CT molecular complexity index is 611. The number of nitrogens with zero attached hydrogens (tertiary/aromatic N) is 1. The highest BCUT2D eigenvalue weighted by Gasteiger charge is 2.60. The van der Waals surface area contributed by atoms with E-state index >= 15 is 0 Å². The summed E-state index contributed by atoms with van der Waals surface area (Å²) in [6.45, 7) is 5.02. The number of hydrogen-bond acceptors (Lipinski definition) is 7. The van der Waals surface area contributed by atoms with Crippen LogP contribution >= 0.6 is 11.8 Å². The molecule has 8 nitrogen and oxygen atoms in total. The van der Waals surface area contributed by atoms with Crippen LogP contribution in [0.25, 0.3) is 0 Å². The van der Waals surface area contributed by atoms with Crippen molar-refractivity contribution in [2.45, 2.75) is 50.1 Å². The molecule has 3 aliphatic rings. The number of carbonyl (C=O) groups excluding carboxylic acids is 1. The third-order valence-electron chi connectivity index (χ3n) is 5.57. The number of fused-ring (bicyclic) bond motifs is 1. The van der Waals surface area contributed by atoms with Crippen LogP contribution in [0.3, 0.4) is 0 Å². The number of amides is 1. The Labute approximate surface area is 157 Å². The van der Waals surface area contributed by atoms with Crippen molar-refractivity contribution in [2.75, 3.05) is 19.8 Å². The maximum Gasteiger partial charge on any atom is 0.353 e. The highest BCUT2D eigenvalue weighted by molar-refractivity contribution is 8.03. The number of carbonyl (C=O) groups is 2. The predicted octanol–water partition coefficient (Wildman–Crippen LogP) is -0.467. The van der Waals surface area contributed by atoms with Gasteiger partial charge in [-0.2, -0.15) is 0 Å². The predicted molar refractivity (Wildman–Crippen MR) is 97.1 cm³/mol. The van der Waals surface area contributed by atoms with Crippen LogP contribution in [0.15, 0.2) is 10.6 Å². The van der Waals surface area contributed by atoms with E-state index in [2.05, 4.69) is 10.6 Å². The lowest BCUT2D eigenvalue weighted by Crippen LogP contribution is -2.63. The molecule has 0 unspecified atom stereocenters. The largest absolute Gasteiger partial charge is 0.477 e. The molecule has 0 saturated carbocycles. The van der Waals surface area contributed by atoms with Crippen molar-refractivity contribution < 1.29 is 24.9 Å². The van der Waals surface area contributed by atoms with Crippen LogP contribution in [-0.4, -0.2) is 75.4 Å². The molecular weight excluding hydrogens is 358 g/mol. The van der Waals surface area contributed by atoms with Crippen molar-refractivity contribution in [3.05, 3.63) is 10.6 Å². The van der Waals surface area contributed by atoms with Crippen LogP contribution in [0.4, 0.5) is 0 Å². The summed E-state index contributed by atoms with van der Waals surface area (Å²) in [7, 11) is 0. The number of aliphatic hydroxyl groups is 2. The quantitative estimate of drug-likeness (QED) is 0.216. The second kappa shape index (κ2) is 7.85. The van der Waals surface area contributed by atoms with Crippen LogP contribution in [-0.2, 0) is 9.59 Å². The fourth-order valence-electron chi connectivity index (χ4n) is 4.31. The third kappa shape index (κ3) is 3.38. The van der Waals surface area contributed by atoms with Crippen molar-refractivity contribution in [3.8, 4) is 0 Å². The van der Waals surface area contributed by atoms with Crippen LogP contribution < -0.4 is 10.6 Å². The molecule has 3 aliphatic heterocycles. The molecule has 6 atom stereocenters. The topological polar surface area (TPSA) is 122 Å². The minimum absolute atomic E-state index is 0.0348. The van der Waals surface area contributed by atoms with E-state index in [0.29, 0.717) is 6.04 Å². The minimum Gasteiger partial charge on any atom is -0.477 e. The van der Waals surface area contributed by atoms with Crippen LogP contribution in [0.2, 0.25) is 0 Å². The fourth-order valence-corrected chi connectivity index (χ4v) is 5.82. The molecule has 3 heterocycles. The zero-order chi connectivity index (χ0) is 19.0. The molecule has 146 valence electrons. The van der Waals surface area contributed by atoms with Gasteiger partial charge in [0.1, 0.15) is 5.70 Å². The van der Waals surface area contributed by atoms with Crippen molar-refractivity contribution in [2.24, 2.45) is 11.8 Å². The number of nitrogens with one attached hydrogen (secondary N) is 2. The van der Waals surface area contributed by atoms with E-state index < -0.39 is 18.0 Å². The molecule has 2 saturated heterocycles. The fraction of sp³-hybridized carbons (Fsp3) is 0.765. The highest BCUT2D eigenvalue weighted by atomic mass is 32.2. The molecule has 0 aromatic carbocycles. The Kier molecular flexibility index (Phi) is 5.93. The summed E-state index contributed by atoms with van der Waals surface area (Å²) in [6, 6.07) is 0.0797. The number of hydrogen-bond donors (Lipinski definition) is 5. The zero-order valence-corrected chi connectivity index (χ0v) is 15.8. The van der Waals surface area contributed by atoms with Crippen LogP contribution in [0.1, 0.15) is 26.7 Å². The van der Waals surface area contributed by atoms with E-state index in [4.69, 9.17) is 5.11 Å². The van der Waals surface area contributed by atoms with Gasteiger partial charge in [-0.15, -0.1) is 11.8 Å². The van der Waals surface area contributed by atoms with E-state index in [9.17, 15) is 19.8 Å². The normalized spacial score (nSPS) is 34.8. The summed E-state index contributed by atoms with van der Waals surface area (Å²) in [5.74, 6) is -1.97. The number of β-lactam (4-membered cyclic amide) rings is 1. The monoisotopic (exact) mass is 385 g/mol. The molecule has 26 heavy (non-hydrogen) atoms. The van der Waals surface area contributed by atoms with E-state index in [1.54, 1.807) is 18.7 Å². The van der Waals surface area contributed by atoms with Gasteiger partial charge in [0, 0.05) is 28.7 Å². The van der Waals surface area contributed by atoms with E-state index in [0.717, 1.165) is 30.8 Å². The highest BCUT2D eigenvalue weighted by Crippen LogP contribution is 2.51. The lowest BCUT2D eigenvalue weighted by molar-refractivity contribution is -0.163. The number of rotatable bonds is 8. The molecule has 0 bridgehead atoms. The van der Waals surface area contributed by atoms with E-state index in [-0.39, 0.29) is 35.5 Å². The Morgan fingerprint density at radius 2 is 2.23 bits per heavy atom. The van der Waals surface area contributed by atoms with Gasteiger partial charge in [0.15, 0.2) is 0 Å². The van der Waals surface area contributed by atoms with Gasteiger partial charge in [0.2, 0.25) is 5.91 Å². The Balaban J connectivity index is 1.69. The van der Waals surface area contributed by atoms with E-state index in [1.165, 1.54) is 4.90 Å². The molecule has 0 aromatic heterocycles. The third-order valence-corrected chi connectivity index (χ3v) is 7.08. The average Bonchev–Trinajstić information content (AvgIpc) is 3.10. The van der Waals surface area contributed by atoms with E-state index in [1.807, 2.05) is 6.92 Å². The number of carboxylic acid groups (broad SMARTS) is 1. The first kappa shape index (κ1) is 19.6. The minimum atomic E-state index is -1.08. The molecule has 3 rings (SSSR count). The molecule has 0 aromatic rings. The standard InChI is InChI=1S/C17H27N3O5S/c1-8-13-12(9(2)22)16(23)20(13)14(17(24)25)15(8)26-11-5-10(19-6-11)3-4-18-7-21/h8-13,18-19,21-22H,3-7H2,1-2H3,(H,24,25)/t8-,9-,10+,11+,12-,13-/m1/s1. The first-order valence-electron chi connectivity index (χ1n) is 9.07. The second-order valence-corrected chi connectivity index (χ2v) is 8.64. The number of carboxylic acids is 1. The van der Waals surface area contributed by atoms with Gasteiger partial charge in [0.25, 0.3) is 0 Å². The molecule has 2 fully saturated rings. The number of aliphatic carboxylic acids is 1. The van der Waals surface area contributed by atoms with Gasteiger partial charge in [-0.1, -0.05) is 6.92 Å². The lowest BCUT2D eigenvalue weighted by atomic mass is 9.79. The summed E-state index contributed by atoms with van der Waals surface area (Å²) in [5.41, 5.74) is 0.0970. The second-order valence-electron chi connectivity index (χ2n) is 7.30.